The van der Waals surface area contributed by atoms with Crippen LogP contribution in [0.1, 0.15) is 126 Å². The molecule has 1 aliphatic rings. The number of piperidine rings is 1. The molecule has 1 unspecified atom stereocenters. The SMILES string of the molecule is CCCN(C(=O)C(CC(=O)[C@H]1CCCCN1C)[C@@H](C)CC)[C@H](C[C@@H](OC(C)=O)c1nc(C(=O)N[C@H](CCC(=O)O)Cc2ccc(-c3ccccc3)cc2)cs1)C(C)C. The minimum atomic E-state index is -0.951. The number of carbonyl (C=O) groups is 5. The van der Waals surface area contributed by atoms with Gasteiger partial charge in [-0.05, 0) is 74.2 Å². The Balaban J connectivity index is 1.54. The number of nitrogens with zero attached hydrogens (tertiary/aromatic N) is 3. The van der Waals surface area contributed by atoms with Crippen molar-refractivity contribution in [2.75, 3.05) is 20.1 Å². The molecule has 0 spiro atoms. The Hall–Kier alpha value is -4.42. The van der Waals surface area contributed by atoms with Gasteiger partial charge in [-0.2, -0.15) is 0 Å². The molecule has 58 heavy (non-hydrogen) atoms. The summed E-state index contributed by atoms with van der Waals surface area (Å²) in [7, 11) is 1.99. The van der Waals surface area contributed by atoms with E-state index in [0.29, 0.717) is 24.4 Å². The lowest BCUT2D eigenvalue weighted by molar-refractivity contribution is -0.150. The Bertz CT molecular complexity index is 1800. The number of aliphatic carboxylic acids is 1. The van der Waals surface area contributed by atoms with Crippen molar-refractivity contribution < 1.29 is 33.8 Å². The summed E-state index contributed by atoms with van der Waals surface area (Å²) in [6.07, 6.45) is 4.54. The van der Waals surface area contributed by atoms with Gasteiger partial charge in [0.2, 0.25) is 5.91 Å². The zero-order valence-corrected chi connectivity index (χ0v) is 36.3. The summed E-state index contributed by atoms with van der Waals surface area (Å²) in [6, 6.07) is 17.0. The Morgan fingerprint density at radius 1 is 1.00 bits per heavy atom. The number of Topliss-reactive ketones (excluding diaryl/α,β-unsaturated/α-hetero) is 1. The van der Waals surface area contributed by atoms with Gasteiger partial charge < -0.3 is 20.1 Å². The normalized spacial score (nSPS) is 17.1. The summed E-state index contributed by atoms with van der Waals surface area (Å²) in [4.78, 5) is 74.8. The van der Waals surface area contributed by atoms with Crippen molar-refractivity contribution in [1.82, 2.24) is 20.1 Å². The number of aromatic nitrogens is 1. The monoisotopic (exact) mass is 816 g/mol. The molecule has 11 nitrogen and oxygen atoms in total. The number of carboxylic acid groups (broad SMARTS) is 1. The van der Waals surface area contributed by atoms with Crippen molar-refractivity contribution in [3.63, 3.8) is 0 Å². The summed E-state index contributed by atoms with van der Waals surface area (Å²) in [5.41, 5.74) is 3.24. The molecule has 0 radical (unpaired) electrons. The maximum absolute atomic E-state index is 14.7. The number of carboxylic acids is 1. The van der Waals surface area contributed by atoms with Crippen LogP contribution in [0.15, 0.2) is 60.0 Å². The third kappa shape index (κ3) is 13.3. The van der Waals surface area contributed by atoms with Crippen LogP contribution in [0.25, 0.3) is 11.1 Å². The second-order valence-corrected chi connectivity index (χ2v) is 17.2. The van der Waals surface area contributed by atoms with E-state index >= 15 is 0 Å². The first kappa shape index (κ1) is 46.3. The van der Waals surface area contributed by atoms with E-state index in [9.17, 15) is 29.1 Å². The second kappa shape index (κ2) is 22.7. The van der Waals surface area contributed by atoms with E-state index in [2.05, 4.69) is 22.1 Å². The Kier molecular flexibility index (Phi) is 18.1. The van der Waals surface area contributed by atoms with Crippen molar-refractivity contribution in [1.29, 1.82) is 0 Å². The predicted octanol–water partition coefficient (Wildman–Crippen LogP) is 8.38. The number of rotatable bonds is 22. The molecule has 2 N–H and O–H groups in total. The zero-order valence-electron chi connectivity index (χ0n) is 35.4. The summed E-state index contributed by atoms with van der Waals surface area (Å²) < 4.78 is 5.88. The molecular formula is C46H64N4O7S. The standard InChI is InChI=1S/C46H64N4O7S/c1-8-24-50(46(56)37(31(5)9-2)27-41(52)39-17-13-14-25-49(39)7)40(30(3)4)28-42(57-32(6)51)45-48-38(29-58-45)44(55)47-36(22-23-43(53)54)26-33-18-20-35(21-19-33)34-15-11-10-12-16-34/h10-12,15-16,18-21,29-31,36-37,39-40,42H,8-9,13-14,17,22-28H2,1-7H3,(H,47,55)(H,53,54)/t31-,36+,37?,39+,40+,42+/m0/s1. The van der Waals surface area contributed by atoms with Crippen LogP contribution in [-0.2, 0) is 30.3 Å². The Morgan fingerprint density at radius 3 is 2.29 bits per heavy atom. The molecule has 1 saturated heterocycles. The van der Waals surface area contributed by atoms with Gasteiger partial charge in [0.05, 0.1) is 6.04 Å². The third-order valence-corrected chi connectivity index (χ3v) is 12.4. The number of likely N-dealkylation sites (tertiary alicyclic amines) is 1. The lowest BCUT2D eigenvalue weighted by atomic mass is 9.82. The number of benzene rings is 2. The number of carbonyl (C=O) groups excluding carboxylic acids is 4. The summed E-state index contributed by atoms with van der Waals surface area (Å²) in [6.45, 7) is 12.9. The minimum Gasteiger partial charge on any atom is -0.481 e. The molecule has 1 aromatic heterocycles. The molecule has 4 rings (SSSR count). The van der Waals surface area contributed by atoms with Crippen molar-refractivity contribution >= 4 is 40.9 Å². The van der Waals surface area contributed by atoms with Crippen LogP contribution in [0.4, 0.5) is 0 Å². The number of hydrogen-bond acceptors (Lipinski definition) is 9. The first-order chi connectivity index (χ1) is 27.7. The predicted molar refractivity (Wildman–Crippen MR) is 228 cm³/mol. The van der Waals surface area contributed by atoms with Gasteiger partial charge in [-0.15, -0.1) is 11.3 Å². The highest BCUT2D eigenvalue weighted by Gasteiger charge is 2.38. The number of thiazole rings is 1. The van der Waals surface area contributed by atoms with E-state index in [0.717, 1.165) is 48.9 Å². The van der Waals surface area contributed by atoms with Gasteiger partial charge >= 0.3 is 11.9 Å². The highest BCUT2D eigenvalue weighted by Crippen LogP contribution is 2.34. The van der Waals surface area contributed by atoms with Crippen molar-refractivity contribution in [3.8, 4) is 11.1 Å². The average molecular weight is 817 g/mol. The number of esters is 1. The maximum atomic E-state index is 14.7. The second-order valence-electron chi connectivity index (χ2n) is 16.3. The van der Waals surface area contributed by atoms with Gasteiger partial charge in [-0.25, -0.2) is 4.98 Å². The molecule has 316 valence electrons. The molecule has 3 aromatic rings. The van der Waals surface area contributed by atoms with Gasteiger partial charge in [-0.1, -0.05) is 102 Å². The van der Waals surface area contributed by atoms with Gasteiger partial charge in [0.1, 0.15) is 10.7 Å². The van der Waals surface area contributed by atoms with Crippen LogP contribution in [0.3, 0.4) is 0 Å². The number of likely N-dealkylation sites (N-methyl/N-ethyl adjacent to an activating group) is 1. The van der Waals surface area contributed by atoms with Gasteiger partial charge in [-0.3, -0.25) is 28.9 Å². The summed E-state index contributed by atoms with van der Waals surface area (Å²) in [5, 5.41) is 14.5. The molecule has 12 heteroatoms. The quantitative estimate of drug-likeness (QED) is 0.0956. The van der Waals surface area contributed by atoms with Crippen LogP contribution in [0.5, 0.6) is 0 Å². The van der Waals surface area contributed by atoms with Crippen molar-refractivity contribution in [2.45, 2.75) is 130 Å². The fraction of sp³-hybridized carbons (Fsp3) is 0.565. The van der Waals surface area contributed by atoms with E-state index in [1.165, 1.54) is 18.3 Å². The molecule has 1 aliphatic heterocycles. The molecule has 2 amide bonds. The lowest BCUT2D eigenvalue weighted by Crippen LogP contribution is -2.50. The average Bonchev–Trinajstić information content (AvgIpc) is 3.70. The summed E-state index contributed by atoms with van der Waals surface area (Å²) in [5.74, 6) is -2.34. The van der Waals surface area contributed by atoms with Gasteiger partial charge in [0.25, 0.3) is 5.91 Å². The number of amides is 2. The largest absolute Gasteiger partial charge is 0.481 e. The summed E-state index contributed by atoms with van der Waals surface area (Å²) >= 11 is 1.21. The van der Waals surface area contributed by atoms with Crippen LogP contribution >= 0.6 is 11.3 Å². The highest BCUT2D eigenvalue weighted by atomic mass is 32.1. The number of ketones is 1. The number of hydrogen-bond donors (Lipinski definition) is 2. The van der Waals surface area contributed by atoms with E-state index in [1.54, 1.807) is 5.38 Å². The smallest absolute Gasteiger partial charge is 0.303 e. The van der Waals surface area contributed by atoms with E-state index in [-0.39, 0.29) is 67.0 Å². The maximum Gasteiger partial charge on any atom is 0.303 e. The van der Waals surface area contributed by atoms with Crippen LogP contribution in [0, 0.1) is 17.8 Å². The molecule has 0 saturated carbocycles. The molecule has 0 bridgehead atoms. The molecule has 6 atom stereocenters. The van der Waals surface area contributed by atoms with E-state index in [4.69, 9.17) is 4.74 Å². The molecule has 1 fully saturated rings. The van der Waals surface area contributed by atoms with Crippen LogP contribution < -0.4 is 5.32 Å². The Labute approximate surface area is 348 Å². The van der Waals surface area contributed by atoms with Crippen LogP contribution in [0.2, 0.25) is 0 Å². The molecule has 0 aliphatic carbocycles. The molecular weight excluding hydrogens is 753 g/mol. The van der Waals surface area contributed by atoms with E-state index < -0.39 is 35.9 Å². The third-order valence-electron chi connectivity index (χ3n) is 11.5. The first-order valence-corrected chi connectivity index (χ1v) is 21.9. The van der Waals surface area contributed by atoms with Crippen molar-refractivity contribution in [2.24, 2.45) is 17.8 Å². The molecule has 2 aromatic carbocycles. The molecule has 2 heterocycles. The lowest BCUT2D eigenvalue weighted by Gasteiger charge is -2.39. The zero-order chi connectivity index (χ0) is 42.4. The fourth-order valence-corrected chi connectivity index (χ4v) is 8.83. The van der Waals surface area contributed by atoms with Gasteiger partial charge in [0.15, 0.2) is 11.9 Å². The topological polar surface area (TPSA) is 146 Å². The van der Waals surface area contributed by atoms with E-state index in [1.807, 2.05) is 94.2 Å². The van der Waals surface area contributed by atoms with Gasteiger partial charge in [0, 0.05) is 56.1 Å². The van der Waals surface area contributed by atoms with Crippen LogP contribution in [-0.4, -0.2) is 87.7 Å². The van der Waals surface area contributed by atoms with Crippen molar-refractivity contribution in [3.05, 3.63) is 76.2 Å². The fourth-order valence-electron chi connectivity index (χ4n) is 7.99. The number of ether oxygens (including phenoxy) is 1. The minimum absolute atomic E-state index is 0.00482. The number of nitrogens with one attached hydrogen (secondary N) is 1. The first-order valence-electron chi connectivity index (χ1n) is 21.0. The Morgan fingerprint density at radius 2 is 1.69 bits per heavy atom. The highest BCUT2D eigenvalue weighted by molar-refractivity contribution is 7.09.